The zero-order valence-electron chi connectivity index (χ0n) is 9.49. The largest absolute Gasteiger partial charge is 0.459 e. The molecule has 0 saturated carbocycles. The number of carbonyl (C=O) groups excluding carboxylic acids is 1. The lowest BCUT2D eigenvalue weighted by Crippen LogP contribution is -2.36. The molecule has 1 unspecified atom stereocenters. The molecule has 15 heavy (non-hydrogen) atoms. The van der Waals surface area contributed by atoms with Gasteiger partial charge < -0.3 is 15.1 Å². The maximum atomic E-state index is 11.9. The lowest BCUT2D eigenvalue weighted by atomic mass is 10.2. The second kappa shape index (κ2) is 4.98. The number of hydrogen-bond donors (Lipinski definition) is 1. The zero-order valence-corrected chi connectivity index (χ0v) is 9.49. The first-order valence-corrected chi connectivity index (χ1v) is 5.09. The molecule has 0 bridgehead atoms. The number of nitrogens with zero attached hydrogens (tertiary/aromatic N) is 1. The zero-order chi connectivity index (χ0) is 11.4. The van der Waals surface area contributed by atoms with E-state index in [1.54, 1.807) is 18.0 Å². The summed E-state index contributed by atoms with van der Waals surface area (Å²) in [4.78, 5) is 13.6. The van der Waals surface area contributed by atoms with E-state index in [1.807, 2.05) is 13.8 Å². The van der Waals surface area contributed by atoms with E-state index in [2.05, 4.69) is 0 Å². The van der Waals surface area contributed by atoms with Gasteiger partial charge in [0.05, 0.1) is 6.26 Å². The Morgan fingerprint density at radius 1 is 1.67 bits per heavy atom. The fourth-order valence-electron chi connectivity index (χ4n) is 1.39. The molecule has 0 aliphatic heterocycles. The number of furan rings is 1. The smallest absolute Gasteiger partial charge is 0.289 e. The molecule has 1 rings (SSSR count). The van der Waals surface area contributed by atoms with Crippen LogP contribution in [-0.4, -0.2) is 30.4 Å². The molecule has 2 N–H and O–H groups in total. The summed E-state index contributed by atoms with van der Waals surface area (Å²) in [6, 6.07) is 1.92. The number of nitrogens with two attached hydrogens (primary N) is 1. The van der Waals surface area contributed by atoms with Crippen LogP contribution in [0.2, 0.25) is 0 Å². The topological polar surface area (TPSA) is 59.5 Å². The fraction of sp³-hybridized carbons (Fsp3) is 0.545. The van der Waals surface area contributed by atoms with E-state index in [1.165, 1.54) is 6.26 Å². The minimum Gasteiger partial charge on any atom is -0.459 e. The first-order valence-electron chi connectivity index (χ1n) is 5.09. The van der Waals surface area contributed by atoms with Gasteiger partial charge in [0.2, 0.25) is 0 Å². The standard InChI is InChI=1S/C11H18N2O2/c1-8-5-7-15-10(8)11(14)13(3)9(2)4-6-12/h5,7,9H,4,6,12H2,1-3H3. The number of hydrogen-bond acceptors (Lipinski definition) is 3. The molecule has 4 nitrogen and oxygen atoms in total. The van der Waals surface area contributed by atoms with Gasteiger partial charge in [-0.15, -0.1) is 0 Å². The minimum atomic E-state index is -0.0848. The van der Waals surface area contributed by atoms with Crippen LogP contribution >= 0.6 is 0 Å². The van der Waals surface area contributed by atoms with Crippen molar-refractivity contribution in [2.75, 3.05) is 13.6 Å². The third-order valence-electron chi connectivity index (χ3n) is 2.62. The maximum Gasteiger partial charge on any atom is 0.289 e. The normalized spacial score (nSPS) is 12.5. The first kappa shape index (κ1) is 11.8. The molecule has 0 fully saturated rings. The highest BCUT2D eigenvalue weighted by molar-refractivity contribution is 5.92. The summed E-state index contributed by atoms with van der Waals surface area (Å²) in [5.41, 5.74) is 6.32. The molecular formula is C11H18N2O2. The van der Waals surface area contributed by atoms with Crippen molar-refractivity contribution in [2.24, 2.45) is 5.73 Å². The number of amides is 1. The molecule has 1 aromatic rings. The molecule has 4 heteroatoms. The van der Waals surface area contributed by atoms with Crippen LogP contribution in [0.5, 0.6) is 0 Å². The van der Waals surface area contributed by atoms with E-state index in [4.69, 9.17) is 10.2 Å². The van der Waals surface area contributed by atoms with Gasteiger partial charge >= 0.3 is 0 Å². The predicted molar refractivity (Wildman–Crippen MR) is 58.7 cm³/mol. The van der Waals surface area contributed by atoms with Gasteiger partial charge in [-0.25, -0.2) is 0 Å². The average Bonchev–Trinajstić information content (AvgIpc) is 2.62. The van der Waals surface area contributed by atoms with Crippen molar-refractivity contribution < 1.29 is 9.21 Å². The lowest BCUT2D eigenvalue weighted by molar-refractivity contribution is 0.0706. The van der Waals surface area contributed by atoms with Gasteiger partial charge in [-0.1, -0.05) is 0 Å². The first-order chi connectivity index (χ1) is 7.07. The Morgan fingerprint density at radius 3 is 2.80 bits per heavy atom. The van der Waals surface area contributed by atoms with Crippen LogP contribution in [0.25, 0.3) is 0 Å². The lowest BCUT2D eigenvalue weighted by Gasteiger charge is -2.23. The Balaban J connectivity index is 2.73. The van der Waals surface area contributed by atoms with Crippen LogP contribution < -0.4 is 5.73 Å². The molecule has 1 atom stereocenters. The average molecular weight is 210 g/mol. The fourth-order valence-corrected chi connectivity index (χ4v) is 1.39. The third kappa shape index (κ3) is 2.59. The van der Waals surface area contributed by atoms with E-state index >= 15 is 0 Å². The van der Waals surface area contributed by atoms with Crippen molar-refractivity contribution in [1.82, 2.24) is 4.90 Å². The highest BCUT2D eigenvalue weighted by Crippen LogP contribution is 2.13. The Bertz CT molecular complexity index is 333. The number of carbonyl (C=O) groups is 1. The quantitative estimate of drug-likeness (QED) is 0.817. The molecule has 1 amide bonds. The predicted octanol–water partition coefficient (Wildman–Crippen LogP) is 1.40. The van der Waals surface area contributed by atoms with Crippen LogP contribution in [0.15, 0.2) is 16.7 Å². The van der Waals surface area contributed by atoms with Crippen molar-refractivity contribution in [3.8, 4) is 0 Å². The Morgan fingerprint density at radius 2 is 2.33 bits per heavy atom. The van der Waals surface area contributed by atoms with Crippen LogP contribution in [0.4, 0.5) is 0 Å². The van der Waals surface area contributed by atoms with Gasteiger partial charge in [0.1, 0.15) is 0 Å². The molecule has 0 aliphatic rings. The molecule has 0 aliphatic carbocycles. The summed E-state index contributed by atoms with van der Waals surface area (Å²) >= 11 is 0. The molecular weight excluding hydrogens is 192 g/mol. The van der Waals surface area contributed by atoms with E-state index < -0.39 is 0 Å². The van der Waals surface area contributed by atoms with Crippen LogP contribution in [-0.2, 0) is 0 Å². The van der Waals surface area contributed by atoms with Crippen LogP contribution in [0.3, 0.4) is 0 Å². The van der Waals surface area contributed by atoms with E-state index in [9.17, 15) is 4.79 Å². The molecule has 0 aromatic carbocycles. The van der Waals surface area contributed by atoms with Crippen molar-refractivity contribution in [1.29, 1.82) is 0 Å². The van der Waals surface area contributed by atoms with Crippen molar-refractivity contribution in [3.63, 3.8) is 0 Å². The van der Waals surface area contributed by atoms with Gasteiger partial charge in [0.15, 0.2) is 5.76 Å². The second-order valence-electron chi connectivity index (χ2n) is 3.78. The Labute approximate surface area is 90.0 Å². The van der Waals surface area contributed by atoms with Gasteiger partial charge in [-0.3, -0.25) is 4.79 Å². The van der Waals surface area contributed by atoms with E-state index in [-0.39, 0.29) is 11.9 Å². The molecule has 1 aromatic heterocycles. The second-order valence-corrected chi connectivity index (χ2v) is 3.78. The molecule has 0 radical (unpaired) electrons. The molecule has 0 saturated heterocycles. The highest BCUT2D eigenvalue weighted by atomic mass is 16.3. The third-order valence-corrected chi connectivity index (χ3v) is 2.62. The monoisotopic (exact) mass is 210 g/mol. The van der Waals surface area contributed by atoms with Gasteiger partial charge in [-0.2, -0.15) is 0 Å². The summed E-state index contributed by atoms with van der Waals surface area (Å²) in [6.07, 6.45) is 2.33. The summed E-state index contributed by atoms with van der Waals surface area (Å²) in [5, 5.41) is 0. The van der Waals surface area contributed by atoms with Crippen LogP contribution in [0, 0.1) is 6.92 Å². The Kier molecular flexibility index (Phi) is 3.91. The number of rotatable bonds is 4. The summed E-state index contributed by atoms with van der Waals surface area (Å²) in [5.74, 6) is 0.333. The maximum absolute atomic E-state index is 11.9. The SMILES string of the molecule is Cc1ccoc1C(=O)N(C)C(C)CCN. The molecule has 0 spiro atoms. The van der Waals surface area contributed by atoms with Gasteiger partial charge in [-0.05, 0) is 32.9 Å². The van der Waals surface area contributed by atoms with Crippen LogP contribution in [0.1, 0.15) is 29.5 Å². The molecule has 84 valence electrons. The van der Waals surface area contributed by atoms with Crippen molar-refractivity contribution >= 4 is 5.91 Å². The van der Waals surface area contributed by atoms with E-state index in [0.29, 0.717) is 12.3 Å². The summed E-state index contributed by atoms with van der Waals surface area (Å²) < 4.78 is 5.15. The molecule has 1 heterocycles. The van der Waals surface area contributed by atoms with Crippen molar-refractivity contribution in [3.05, 3.63) is 23.7 Å². The Hall–Kier alpha value is -1.29. The number of aryl methyl sites for hydroxylation is 1. The summed E-state index contributed by atoms with van der Waals surface area (Å²) in [7, 11) is 1.77. The minimum absolute atomic E-state index is 0.0848. The van der Waals surface area contributed by atoms with Crippen molar-refractivity contribution in [2.45, 2.75) is 26.3 Å². The summed E-state index contributed by atoms with van der Waals surface area (Å²) in [6.45, 7) is 4.41. The van der Waals surface area contributed by atoms with E-state index in [0.717, 1.165) is 12.0 Å². The highest BCUT2D eigenvalue weighted by Gasteiger charge is 2.20. The van der Waals surface area contributed by atoms with Gasteiger partial charge in [0, 0.05) is 18.7 Å². The van der Waals surface area contributed by atoms with Gasteiger partial charge in [0.25, 0.3) is 5.91 Å².